The molecule has 0 bridgehead atoms. The molecule has 1 aliphatic heterocycles. The van der Waals surface area contributed by atoms with E-state index in [-0.39, 0.29) is 6.29 Å². The van der Waals surface area contributed by atoms with Crippen LogP contribution in [-0.4, -0.2) is 61.6 Å². The normalized spacial score (nSPS) is 28.6. The predicted octanol–water partition coefficient (Wildman–Crippen LogP) is 1.15. The molecule has 0 aromatic heterocycles. The number of ether oxygens (including phenoxy) is 2. The first-order chi connectivity index (χ1) is 8.13. The molecular formula is C12H26N2O2S. The molecule has 102 valence electrons. The quantitative estimate of drug-likeness (QED) is 0.728. The lowest BCUT2D eigenvalue weighted by molar-refractivity contribution is -0.118. The van der Waals surface area contributed by atoms with E-state index < -0.39 is 0 Å². The van der Waals surface area contributed by atoms with Gasteiger partial charge in [0.05, 0.1) is 0 Å². The van der Waals surface area contributed by atoms with Crippen molar-refractivity contribution < 1.29 is 9.47 Å². The molecule has 0 aliphatic carbocycles. The van der Waals surface area contributed by atoms with E-state index >= 15 is 0 Å². The summed E-state index contributed by atoms with van der Waals surface area (Å²) >= 11 is 2.04. The van der Waals surface area contributed by atoms with Crippen LogP contribution in [0.25, 0.3) is 0 Å². The van der Waals surface area contributed by atoms with Crippen molar-refractivity contribution >= 4 is 11.8 Å². The minimum atomic E-state index is -0.152. The first kappa shape index (κ1) is 15.2. The maximum Gasteiger partial charge on any atom is 0.158 e. The van der Waals surface area contributed by atoms with Gasteiger partial charge >= 0.3 is 0 Å². The summed E-state index contributed by atoms with van der Waals surface area (Å²) in [5, 5.41) is 0.668. The number of methoxy groups -OCH3 is 2. The van der Waals surface area contributed by atoms with Gasteiger partial charge in [-0.05, 0) is 6.92 Å². The van der Waals surface area contributed by atoms with Gasteiger partial charge in [0.15, 0.2) is 6.29 Å². The Morgan fingerprint density at radius 1 is 1.35 bits per heavy atom. The van der Waals surface area contributed by atoms with Crippen molar-refractivity contribution in [2.75, 3.05) is 33.1 Å². The average molecular weight is 262 g/mol. The Bertz CT molecular complexity index is 215. The van der Waals surface area contributed by atoms with Gasteiger partial charge in [0, 0.05) is 56.8 Å². The fourth-order valence-electron chi connectivity index (χ4n) is 2.35. The van der Waals surface area contributed by atoms with E-state index in [9.17, 15) is 0 Å². The third kappa shape index (κ3) is 4.10. The van der Waals surface area contributed by atoms with E-state index in [1.807, 2.05) is 11.8 Å². The molecule has 17 heavy (non-hydrogen) atoms. The summed E-state index contributed by atoms with van der Waals surface area (Å²) < 4.78 is 10.6. The zero-order chi connectivity index (χ0) is 12.8. The van der Waals surface area contributed by atoms with Crippen LogP contribution in [0.3, 0.4) is 0 Å². The highest BCUT2D eigenvalue weighted by Crippen LogP contribution is 2.27. The third-order valence-electron chi connectivity index (χ3n) is 3.66. The fourth-order valence-corrected chi connectivity index (χ4v) is 3.47. The van der Waals surface area contributed by atoms with Crippen molar-refractivity contribution in [2.45, 2.75) is 43.9 Å². The molecule has 0 aromatic carbocycles. The van der Waals surface area contributed by atoms with Crippen molar-refractivity contribution in [3.8, 4) is 0 Å². The Morgan fingerprint density at radius 2 is 2.00 bits per heavy atom. The SMILES string of the molecule is COC(CC(CN)N1CCSC(C)C1C)OC. The molecule has 2 N–H and O–H groups in total. The molecule has 1 heterocycles. The van der Waals surface area contributed by atoms with E-state index in [1.54, 1.807) is 14.2 Å². The Balaban J connectivity index is 2.59. The standard InChI is InChI=1S/C12H26N2O2S/c1-9-10(2)17-6-5-14(9)11(8-13)7-12(15-3)16-4/h9-12H,5-8,13H2,1-4H3. The van der Waals surface area contributed by atoms with Crippen LogP contribution >= 0.6 is 11.8 Å². The van der Waals surface area contributed by atoms with E-state index in [4.69, 9.17) is 15.2 Å². The molecule has 0 saturated carbocycles. The molecule has 3 unspecified atom stereocenters. The molecule has 0 amide bonds. The van der Waals surface area contributed by atoms with E-state index in [1.165, 1.54) is 5.75 Å². The summed E-state index contributed by atoms with van der Waals surface area (Å²) in [4.78, 5) is 2.51. The number of hydrogen-bond donors (Lipinski definition) is 1. The monoisotopic (exact) mass is 262 g/mol. The molecule has 5 heteroatoms. The topological polar surface area (TPSA) is 47.7 Å². The maximum absolute atomic E-state index is 5.91. The summed E-state index contributed by atoms with van der Waals surface area (Å²) in [7, 11) is 3.36. The van der Waals surface area contributed by atoms with Gasteiger partial charge in [-0.1, -0.05) is 6.92 Å². The molecule has 1 fully saturated rings. The van der Waals surface area contributed by atoms with E-state index in [0.717, 1.165) is 13.0 Å². The van der Waals surface area contributed by atoms with Crippen molar-refractivity contribution in [1.82, 2.24) is 4.90 Å². The van der Waals surface area contributed by atoms with Crippen molar-refractivity contribution in [3.05, 3.63) is 0 Å². The molecule has 4 nitrogen and oxygen atoms in total. The first-order valence-corrected chi connectivity index (χ1v) is 7.31. The zero-order valence-electron chi connectivity index (χ0n) is 11.4. The van der Waals surface area contributed by atoms with Crippen LogP contribution in [0.1, 0.15) is 20.3 Å². The minimum Gasteiger partial charge on any atom is -0.356 e. The Morgan fingerprint density at radius 3 is 2.53 bits per heavy atom. The van der Waals surface area contributed by atoms with Gasteiger partial charge in [-0.15, -0.1) is 0 Å². The van der Waals surface area contributed by atoms with Gasteiger partial charge in [-0.2, -0.15) is 11.8 Å². The summed E-state index contributed by atoms with van der Waals surface area (Å²) in [5.41, 5.74) is 5.91. The highest BCUT2D eigenvalue weighted by atomic mass is 32.2. The Hall–Kier alpha value is 0.190. The number of nitrogens with two attached hydrogens (primary N) is 1. The van der Waals surface area contributed by atoms with E-state index in [0.29, 0.717) is 23.9 Å². The smallest absolute Gasteiger partial charge is 0.158 e. The van der Waals surface area contributed by atoms with Gasteiger partial charge in [-0.3, -0.25) is 4.90 Å². The van der Waals surface area contributed by atoms with Gasteiger partial charge in [0.25, 0.3) is 0 Å². The largest absolute Gasteiger partial charge is 0.356 e. The van der Waals surface area contributed by atoms with Crippen LogP contribution in [0.5, 0.6) is 0 Å². The van der Waals surface area contributed by atoms with Crippen molar-refractivity contribution in [2.24, 2.45) is 5.73 Å². The van der Waals surface area contributed by atoms with Gasteiger partial charge in [-0.25, -0.2) is 0 Å². The predicted molar refractivity (Wildman–Crippen MR) is 73.4 cm³/mol. The van der Waals surface area contributed by atoms with E-state index in [2.05, 4.69) is 18.7 Å². The van der Waals surface area contributed by atoms with Crippen LogP contribution in [0, 0.1) is 0 Å². The van der Waals surface area contributed by atoms with Gasteiger partial charge in [0.1, 0.15) is 0 Å². The maximum atomic E-state index is 5.91. The van der Waals surface area contributed by atoms with Crippen molar-refractivity contribution in [1.29, 1.82) is 0 Å². The molecule has 3 atom stereocenters. The average Bonchev–Trinajstić information content (AvgIpc) is 2.35. The van der Waals surface area contributed by atoms with Crippen LogP contribution in [0.2, 0.25) is 0 Å². The zero-order valence-corrected chi connectivity index (χ0v) is 12.2. The highest BCUT2D eigenvalue weighted by molar-refractivity contribution is 8.00. The minimum absolute atomic E-state index is 0.152. The number of rotatable bonds is 6. The summed E-state index contributed by atoms with van der Waals surface area (Å²) in [5.74, 6) is 1.19. The number of nitrogens with zero attached hydrogens (tertiary/aromatic N) is 1. The Kier molecular flexibility index (Phi) is 6.80. The molecule has 0 spiro atoms. The second kappa shape index (κ2) is 7.59. The van der Waals surface area contributed by atoms with Crippen molar-refractivity contribution in [3.63, 3.8) is 0 Å². The van der Waals surface area contributed by atoms with Gasteiger partial charge < -0.3 is 15.2 Å². The number of thioether (sulfide) groups is 1. The third-order valence-corrected chi connectivity index (χ3v) is 5.00. The molecule has 0 aromatic rings. The molecule has 1 saturated heterocycles. The molecule has 1 rings (SSSR count). The summed E-state index contributed by atoms with van der Waals surface area (Å²) in [6, 6.07) is 0.912. The second-order valence-electron chi connectivity index (χ2n) is 4.58. The Labute approximate surface area is 109 Å². The lowest BCUT2D eigenvalue weighted by atomic mass is 10.1. The molecular weight excluding hydrogens is 236 g/mol. The number of hydrogen-bond acceptors (Lipinski definition) is 5. The van der Waals surface area contributed by atoms with Crippen LogP contribution < -0.4 is 5.73 Å². The molecule has 0 radical (unpaired) electrons. The fraction of sp³-hybridized carbons (Fsp3) is 1.00. The van der Waals surface area contributed by atoms with Crippen LogP contribution in [-0.2, 0) is 9.47 Å². The van der Waals surface area contributed by atoms with Crippen LogP contribution in [0.4, 0.5) is 0 Å². The lowest BCUT2D eigenvalue weighted by Gasteiger charge is -2.42. The highest BCUT2D eigenvalue weighted by Gasteiger charge is 2.31. The van der Waals surface area contributed by atoms with Gasteiger partial charge in [0.2, 0.25) is 0 Å². The first-order valence-electron chi connectivity index (χ1n) is 6.27. The van der Waals surface area contributed by atoms with Crippen LogP contribution in [0.15, 0.2) is 0 Å². The lowest BCUT2D eigenvalue weighted by Crippen LogP contribution is -2.53. The molecule has 1 aliphatic rings. The second-order valence-corrected chi connectivity index (χ2v) is 6.07. The summed E-state index contributed by atoms with van der Waals surface area (Å²) in [6.45, 7) is 6.34. The summed E-state index contributed by atoms with van der Waals surface area (Å²) in [6.07, 6.45) is 0.686.